The summed E-state index contributed by atoms with van der Waals surface area (Å²) in [5.74, 6) is 1.00. The average Bonchev–Trinajstić information content (AvgIpc) is 2.52. The van der Waals surface area contributed by atoms with Crippen LogP contribution in [0.3, 0.4) is 0 Å². The Morgan fingerprint density at radius 3 is 2.46 bits per heavy atom. The van der Waals surface area contributed by atoms with Crippen molar-refractivity contribution in [3.8, 4) is 0 Å². The van der Waals surface area contributed by atoms with Crippen LogP contribution in [0.1, 0.15) is 26.5 Å². The molecule has 0 bridgehead atoms. The highest BCUT2D eigenvalue weighted by Crippen LogP contribution is 2.24. The fourth-order valence-corrected chi connectivity index (χ4v) is 3.12. The lowest BCUT2D eigenvalue weighted by Gasteiger charge is -2.45. The summed E-state index contributed by atoms with van der Waals surface area (Å²) in [4.78, 5) is 7.28. The van der Waals surface area contributed by atoms with E-state index in [2.05, 4.69) is 64.8 Å². The van der Waals surface area contributed by atoms with Crippen LogP contribution in [0.25, 0.3) is 0 Å². The molecule has 6 nitrogen and oxygen atoms in total. The molecule has 2 saturated heterocycles. The van der Waals surface area contributed by atoms with Gasteiger partial charge >= 0.3 is 0 Å². The molecule has 2 aliphatic heterocycles. The van der Waals surface area contributed by atoms with Gasteiger partial charge in [0.1, 0.15) is 0 Å². The van der Waals surface area contributed by atoms with Gasteiger partial charge in [0.15, 0.2) is 5.82 Å². The maximum Gasteiger partial charge on any atom is 0.151 e. The van der Waals surface area contributed by atoms with Crippen LogP contribution in [-0.2, 0) is 10.2 Å². The molecule has 0 atom stereocenters. The molecule has 0 saturated carbocycles. The first-order chi connectivity index (χ1) is 11.4. The monoisotopic (exact) mass is 333 g/mol. The van der Waals surface area contributed by atoms with Crippen LogP contribution in [0, 0.1) is 0 Å². The number of likely N-dealkylation sites (N-methyl/N-ethyl adjacent to an activating group) is 1. The van der Waals surface area contributed by atoms with Crippen LogP contribution in [0.2, 0.25) is 0 Å². The van der Waals surface area contributed by atoms with Gasteiger partial charge in [0, 0.05) is 50.7 Å². The van der Waals surface area contributed by atoms with Gasteiger partial charge in [-0.1, -0.05) is 20.8 Å². The minimum Gasteiger partial charge on any atom is -0.379 e. The van der Waals surface area contributed by atoms with Gasteiger partial charge in [-0.25, -0.2) is 0 Å². The van der Waals surface area contributed by atoms with E-state index in [0.29, 0.717) is 6.04 Å². The minimum absolute atomic E-state index is 0.0583. The fraction of sp³-hybridized carbons (Fsp3) is 0.778. The third kappa shape index (κ3) is 4.23. The number of hydrogen-bond donors (Lipinski definition) is 0. The van der Waals surface area contributed by atoms with Crippen molar-refractivity contribution < 1.29 is 4.74 Å². The van der Waals surface area contributed by atoms with Crippen molar-refractivity contribution in [2.75, 3.05) is 64.4 Å². The van der Waals surface area contributed by atoms with E-state index in [0.717, 1.165) is 64.0 Å². The van der Waals surface area contributed by atoms with Crippen LogP contribution >= 0.6 is 0 Å². The highest BCUT2D eigenvalue weighted by atomic mass is 16.5. The van der Waals surface area contributed by atoms with Crippen LogP contribution in [0.5, 0.6) is 0 Å². The standard InChI is InChI=1S/C18H31N5O/c1-18(2,3)16-5-6-17(20-19-16)23-13-15(14-23)21(4)7-8-22-9-11-24-12-10-22/h5-6,15H,7-14H2,1-4H3. The van der Waals surface area contributed by atoms with E-state index >= 15 is 0 Å². The second-order valence-corrected chi connectivity index (χ2v) is 8.02. The van der Waals surface area contributed by atoms with Gasteiger partial charge in [-0.15, -0.1) is 5.10 Å². The number of rotatable bonds is 5. The summed E-state index contributed by atoms with van der Waals surface area (Å²) in [6, 6.07) is 4.84. The van der Waals surface area contributed by atoms with E-state index in [-0.39, 0.29) is 5.41 Å². The zero-order chi connectivity index (χ0) is 17.2. The lowest BCUT2D eigenvalue weighted by atomic mass is 9.92. The van der Waals surface area contributed by atoms with Crippen molar-refractivity contribution in [2.24, 2.45) is 0 Å². The van der Waals surface area contributed by atoms with Crippen LogP contribution in [-0.4, -0.2) is 85.6 Å². The molecule has 0 aliphatic carbocycles. The first-order valence-corrected chi connectivity index (χ1v) is 9.03. The molecule has 0 unspecified atom stereocenters. The Labute approximate surface area is 145 Å². The molecular weight excluding hydrogens is 302 g/mol. The van der Waals surface area contributed by atoms with E-state index in [1.807, 2.05) is 0 Å². The van der Waals surface area contributed by atoms with Crippen LogP contribution in [0.15, 0.2) is 12.1 Å². The van der Waals surface area contributed by atoms with Crippen LogP contribution in [0.4, 0.5) is 5.82 Å². The second kappa shape index (κ2) is 7.33. The molecule has 24 heavy (non-hydrogen) atoms. The van der Waals surface area contributed by atoms with E-state index in [4.69, 9.17) is 4.74 Å². The van der Waals surface area contributed by atoms with Gasteiger partial charge in [-0.3, -0.25) is 9.80 Å². The fourth-order valence-electron chi connectivity index (χ4n) is 3.12. The van der Waals surface area contributed by atoms with Gasteiger partial charge in [0.05, 0.1) is 18.9 Å². The van der Waals surface area contributed by atoms with E-state index in [9.17, 15) is 0 Å². The molecule has 0 spiro atoms. The molecule has 1 aromatic heterocycles. The number of anilines is 1. The molecule has 134 valence electrons. The van der Waals surface area contributed by atoms with Gasteiger partial charge in [0.2, 0.25) is 0 Å². The lowest BCUT2D eigenvalue weighted by molar-refractivity contribution is 0.0318. The molecule has 2 aliphatic rings. The Balaban J connectivity index is 1.43. The molecule has 0 radical (unpaired) electrons. The van der Waals surface area contributed by atoms with Gasteiger partial charge in [0.25, 0.3) is 0 Å². The summed E-state index contributed by atoms with van der Waals surface area (Å²) in [5, 5.41) is 8.81. The van der Waals surface area contributed by atoms with Crippen molar-refractivity contribution in [3.63, 3.8) is 0 Å². The highest BCUT2D eigenvalue weighted by Gasteiger charge is 2.31. The summed E-state index contributed by atoms with van der Waals surface area (Å²) < 4.78 is 5.40. The van der Waals surface area contributed by atoms with E-state index < -0.39 is 0 Å². The maximum atomic E-state index is 5.40. The number of aromatic nitrogens is 2. The Morgan fingerprint density at radius 1 is 1.17 bits per heavy atom. The first-order valence-electron chi connectivity index (χ1n) is 9.03. The molecular formula is C18H31N5O. The van der Waals surface area contributed by atoms with E-state index in [1.165, 1.54) is 0 Å². The Bertz CT molecular complexity index is 515. The Hall–Kier alpha value is -1.24. The van der Waals surface area contributed by atoms with Crippen molar-refractivity contribution in [3.05, 3.63) is 17.8 Å². The predicted octanol–water partition coefficient (Wildman–Crippen LogP) is 1.23. The lowest BCUT2D eigenvalue weighted by Crippen LogP contribution is -2.59. The summed E-state index contributed by atoms with van der Waals surface area (Å²) in [5.41, 5.74) is 1.11. The van der Waals surface area contributed by atoms with Crippen molar-refractivity contribution in [2.45, 2.75) is 32.2 Å². The number of hydrogen-bond acceptors (Lipinski definition) is 6. The Morgan fingerprint density at radius 2 is 1.88 bits per heavy atom. The van der Waals surface area contributed by atoms with Gasteiger partial charge < -0.3 is 9.64 Å². The predicted molar refractivity (Wildman–Crippen MR) is 96.6 cm³/mol. The third-order valence-electron chi connectivity index (χ3n) is 5.10. The molecule has 1 aromatic rings. The van der Waals surface area contributed by atoms with E-state index in [1.54, 1.807) is 0 Å². The van der Waals surface area contributed by atoms with Crippen LogP contribution < -0.4 is 4.90 Å². The molecule has 0 N–H and O–H groups in total. The molecule has 3 heterocycles. The summed E-state index contributed by atoms with van der Waals surface area (Å²) in [6.07, 6.45) is 0. The largest absolute Gasteiger partial charge is 0.379 e. The summed E-state index contributed by atoms with van der Waals surface area (Å²) >= 11 is 0. The second-order valence-electron chi connectivity index (χ2n) is 8.02. The molecule has 2 fully saturated rings. The van der Waals surface area contributed by atoms with Crippen molar-refractivity contribution >= 4 is 5.82 Å². The molecule has 0 aromatic carbocycles. The topological polar surface area (TPSA) is 44.7 Å². The third-order valence-corrected chi connectivity index (χ3v) is 5.10. The SMILES string of the molecule is CN(CCN1CCOCC1)C1CN(c2ccc(C(C)(C)C)nn2)C1. The Kier molecular flexibility index (Phi) is 5.37. The minimum atomic E-state index is 0.0583. The van der Waals surface area contributed by atoms with Crippen molar-refractivity contribution in [1.29, 1.82) is 0 Å². The normalized spacial score (nSPS) is 20.5. The average molecular weight is 333 g/mol. The number of morpholine rings is 1. The molecule has 3 rings (SSSR count). The molecule has 6 heteroatoms. The first kappa shape index (κ1) is 17.6. The zero-order valence-corrected chi connectivity index (χ0v) is 15.5. The summed E-state index contributed by atoms with van der Waals surface area (Å²) in [6.45, 7) is 14.7. The van der Waals surface area contributed by atoms with Crippen molar-refractivity contribution in [1.82, 2.24) is 20.0 Å². The highest BCUT2D eigenvalue weighted by molar-refractivity contribution is 5.42. The van der Waals surface area contributed by atoms with Gasteiger partial charge in [-0.05, 0) is 19.2 Å². The number of nitrogens with zero attached hydrogens (tertiary/aromatic N) is 5. The summed E-state index contributed by atoms with van der Waals surface area (Å²) in [7, 11) is 2.23. The number of ether oxygens (including phenoxy) is 1. The molecule has 0 amide bonds. The smallest absolute Gasteiger partial charge is 0.151 e. The zero-order valence-electron chi connectivity index (χ0n) is 15.5. The maximum absolute atomic E-state index is 5.40. The quantitative estimate of drug-likeness (QED) is 0.807. The van der Waals surface area contributed by atoms with Gasteiger partial charge in [-0.2, -0.15) is 5.10 Å².